The van der Waals surface area contributed by atoms with E-state index < -0.39 is 0 Å². The summed E-state index contributed by atoms with van der Waals surface area (Å²) >= 11 is 9.63. The second kappa shape index (κ2) is 19.5. The molecule has 0 aliphatic carbocycles. The number of hydrogen-bond acceptors (Lipinski definition) is 2. The van der Waals surface area contributed by atoms with Crippen LogP contribution in [0.1, 0.15) is 142 Å². The lowest BCUT2D eigenvalue weighted by Crippen LogP contribution is -2.12. The fraction of sp³-hybridized carbons (Fsp3) is 1.00. The van der Waals surface area contributed by atoms with Gasteiger partial charge in [-0.05, 0) is 12.8 Å². The Kier molecular flexibility index (Phi) is 20.0. The molecular weight excluding hydrogens is 340 g/mol. The van der Waals surface area contributed by atoms with Gasteiger partial charge in [0.2, 0.25) is 0 Å². The highest BCUT2D eigenvalue weighted by Crippen LogP contribution is 2.33. The van der Waals surface area contributed by atoms with Gasteiger partial charge in [-0.1, -0.05) is 129 Å². The molecule has 25 heavy (non-hydrogen) atoms. The minimum Gasteiger partial charge on any atom is -0.162 e. The summed E-state index contributed by atoms with van der Waals surface area (Å²) in [6, 6.07) is 0. The van der Waals surface area contributed by atoms with Crippen LogP contribution in [0.15, 0.2) is 0 Å². The van der Waals surface area contributed by atoms with E-state index in [-0.39, 0.29) is 4.08 Å². The first-order valence-corrected chi connectivity index (χ1v) is 12.5. The van der Waals surface area contributed by atoms with Crippen LogP contribution < -0.4 is 0 Å². The standard InChI is InChI=1S/C23H48S2/c1-3-5-7-9-11-13-15-17-19-21-23(24,25)22-20-18-16-14-12-10-8-6-4-2/h24-25H,3-22H2,1-2H3. The lowest BCUT2D eigenvalue weighted by atomic mass is 10.0. The lowest BCUT2D eigenvalue weighted by molar-refractivity contribution is 0.516. The van der Waals surface area contributed by atoms with Crippen molar-refractivity contribution >= 4 is 25.3 Å². The quantitative estimate of drug-likeness (QED) is 0.116. The molecule has 0 aromatic carbocycles. The fourth-order valence-electron chi connectivity index (χ4n) is 3.56. The van der Waals surface area contributed by atoms with Crippen molar-refractivity contribution in [3.8, 4) is 0 Å². The highest BCUT2D eigenvalue weighted by molar-refractivity contribution is 8.00. The van der Waals surface area contributed by atoms with E-state index in [0.717, 1.165) is 0 Å². The third-order valence-electron chi connectivity index (χ3n) is 5.36. The van der Waals surface area contributed by atoms with Crippen LogP contribution in [0.4, 0.5) is 0 Å². The Hall–Kier alpha value is 0.700. The maximum absolute atomic E-state index is 4.81. The van der Waals surface area contributed by atoms with Gasteiger partial charge < -0.3 is 0 Å². The second-order valence-electron chi connectivity index (χ2n) is 8.14. The summed E-state index contributed by atoms with van der Waals surface area (Å²) in [5, 5.41) is 0. The molecule has 0 nitrogen and oxygen atoms in total. The van der Waals surface area contributed by atoms with E-state index in [1.807, 2.05) is 0 Å². The Bertz CT molecular complexity index is 226. The van der Waals surface area contributed by atoms with Gasteiger partial charge in [-0.25, -0.2) is 0 Å². The van der Waals surface area contributed by atoms with Crippen LogP contribution in [0.2, 0.25) is 0 Å². The molecule has 0 aliphatic rings. The van der Waals surface area contributed by atoms with Gasteiger partial charge in [0, 0.05) is 0 Å². The van der Waals surface area contributed by atoms with E-state index >= 15 is 0 Å². The maximum atomic E-state index is 4.81. The van der Waals surface area contributed by atoms with Gasteiger partial charge in [-0.15, -0.1) is 0 Å². The molecule has 152 valence electrons. The minimum atomic E-state index is -0.0255. The number of thiol groups is 2. The molecule has 0 saturated carbocycles. The Balaban J connectivity index is 3.32. The summed E-state index contributed by atoms with van der Waals surface area (Å²) in [7, 11) is 0. The smallest absolute Gasteiger partial charge is 0.0552 e. The molecule has 0 aliphatic heterocycles. The summed E-state index contributed by atoms with van der Waals surface area (Å²) in [5.74, 6) is 0. The van der Waals surface area contributed by atoms with Gasteiger partial charge in [-0.2, -0.15) is 25.3 Å². The molecule has 0 bridgehead atoms. The summed E-state index contributed by atoms with van der Waals surface area (Å²) in [5.41, 5.74) is 0. The molecule has 2 heteroatoms. The van der Waals surface area contributed by atoms with Gasteiger partial charge in [0.05, 0.1) is 4.08 Å². The van der Waals surface area contributed by atoms with Crippen LogP contribution in [-0.2, 0) is 0 Å². The Morgan fingerprint density at radius 3 is 0.920 bits per heavy atom. The first-order chi connectivity index (χ1) is 12.1. The zero-order valence-corrected chi connectivity index (χ0v) is 19.3. The molecule has 0 rings (SSSR count). The van der Waals surface area contributed by atoms with Crippen LogP contribution in [0.3, 0.4) is 0 Å². The summed E-state index contributed by atoms with van der Waals surface area (Å²) in [4.78, 5) is 0. The van der Waals surface area contributed by atoms with Gasteiger partial charge >= 0.3 is 0 Å². The van der Waals surface area contributed by atoms with Gasteiger partial charge in [0.1, 0.15) is 0 Å². The highest BCUT2D eigenvalue weighted by atomic mass is 32.2. The SMILES string of the molecule is CCCCCCCCCCCC(S)(S)CCCCCCCCCCC. The first kappa shape index (κ1) is 25.7. The summed E-state index contributed by atoms with van der Waals surface area (Å²) in [6.07, 6.45) is 27.5. The molecule has 0 aromatic heterocycles. The zero-order chi connectivity index (χ0) is 18.6. The van der Waals surface area contributed by atoms with Crippen LogP contribution in [0.25, 0.3) is 0 Å². The monoisotopic (exact) mass is 388 g/mol. The van der Waals surface area contributed by atoms with Crippen molar-refractivity contribution in [3.63, 3.8) is 0 Å². The zero-order valence-electron chi connectivity index (χ0n) is 17.5. The number of hydrogen-bond donors (Lipinski definition) is 2. The van der Waals surface area contributed by atoms with Crippen molar-refractivity contribution in [2.24, 2.45) is 0 Å². The topological polar surface area (TPSA) is 0 Å². The van der Waals surface area contributed by atoms with Crippen LogP contribution in [-0.4, -0.2) is 4.08 Å². The number of rotatable bonds is 20. The Morgan fingerprint density at radius 2 is 0.640 bits per heavy atom. The van der Waals surface area contributed by atoms with E-state index in [2.05, 4.69) is 13.8 Å². The second-order valence-corrected chi connectivity index (χ2v) is 10.2. The predicted octanol–water partition coefficient (Wildman–Crippen LogP) is 9.38. The third kappa shape index (κ3) is 20.9. The lowest BCUT2D eigenvalue weighted by Gasteiger charge is -2.22. The van der Waals surface area contributed by atoms with Crippen LogP contribution >= 0.6 is 25.3 Å². The van der Waals surface area contributed by atoms with Crippen molar-refractivity contribution in [1.29, 1.82) is 0 Å². The molecule has 0 atom stereocenters. The molecule has 0 amide bonds. The summed E-state index contributed by atoms with van der Waals surface area (Å²) < 4.78 is -0.0255. The van der Waals surface area contributed by atoms with Crippen molar-refractivity contribution in [2.45, 2.75) is 146 Å². The first-order valence-electron chi connectivity index (χ1n) is 11.6. The average Bonchev–Trinajstić information content (AvgIpc) is 2.59. The largest absolute Gasteiger partial charge is 0.162 e. The third-order valence-corrected chi connectivity index (χ3v) is 6.26. The molecule has 0 fully saturated rings. The van der Waals surface area contributed by atoms with E-state index in [1.165, 1.54) is 128 Å². The van der Waals surface area contributed by atoms with E-state index in [9.17, 15) is 0 Å². The molecule has 0 radical (unpaired) electrons. The fourth-order valence-corrected chi connectivity index (χ4v) is 4.20. The predicted molar refractivity (Wildman–Crippen MR) is 124 cm³/mol. The van der Waals surface area contributed by atoms with Crippen molar-refractivity contribution in [3.05, 3.63) is 0 Å². The van der Waals surface area contributed by atoms with E-state index in [4.69, 9.17) is 25.3 Å². The molecule has 0 unspecified atom stereocenters. The minimum absolute atomic E-state index is 0.0255. The molecular formula is C23H48S2. The Morgan fingerprint density at radius 1 is 0.400 bits per heavy atom. The van der Waals surface area contributed by atoms with Crippen molar-refractivity contribution in [2.75, 3.05) is 0 Å². The number of unbranched alkanes of at least 4 members (excludes halogenated alkanes) is 16. The average molecular weight is 389 g/mol. The maximum Gasteiger partial charge on any atom is 0.0552 e. The van der Waals surface area contributed by atoms with Crippen molar-refractivity contribution in [1.82, 2.24) is 0 Å². The normalized spacial score (nSPS) is 12.0. The van der Waals surface area contributed by atoms with E-state index in [0.29, 0.717) is 0 Å². The molecule has 0 heterocycles. The van der Waals surface area contributed by atoms with Gasteiger partial charge in [-0.3, -0.25) is 0 Å². The van der Waals surface area contributed by atoms with Gasteiger partial charge in [0.15, 0.2) is 0 Å². The van der Waals surface area contributed by atoms with Crippen LogP contribution in [0, 0.1) is 0 Å². The molecule has 0 saturated heterocycles. The highest BCUT2D eigenvalue weighted by Gasteiger charge is 2.18. The molecule has 0 spiro atoms. The molecule has 0 N–H and O–H groups in total. The molecule has 0 aromatic rings. The van der Waals surface area contributed by atoms with Gasteiger partial charge in [0.25, 0.3) is 0 Å². The van der Waals surface area contributed by atoms with Crippen molar-refractivity contribution < 1.29 is 0 Å². The van der Waals surface area contributed by atoms with E-state index in [1.54, 1.807) is 0 Å². The Labute approximate surface area is 171 Å². The summed E-state index contributed by atoms with van der Waals surface area (Å²) in [6.45, 7) is 4.58. The van der Waals surface area contributed by atoms with Crippen LogP contribution in [0.5, 0.6) is 0 Å².